The molecule has 0 N–H and O–H groups in total. The number of piperidine rings is 1. The van der Waals surface area contributed by atoms with Gasteiger partial charge in [-0.3, -0.25) is 4.79 Å². The number of hydrogen-bond acceptors (Lipinski definition) is 3. The molecule has 0 bridgehead atoms. The normalized spacial score (nSPS) is 16.8. The van der Waals surface area contributed by atoms with E-state index < -0.39 is 10.0 Å². The Morgan fingerprint density at radius 1 is 1.26 bits per heavy atom. The molecule has 1 aromatic rings. The monoisotopic (exact) mass is 402 g/mol. The third-order valence-corrected chi connectivity index (χ3v) is 5.91. The number of benzene rings is 1. The van der Waals surface area contributed by atoms with Crippen molar-refractivity contribution < 1.29 is 13.2 Å². The number of likely N-dealkylation sites (tertiary alicyclic amines) is 1. The van der Waals surface area contributed by atoms with E-state index in [2.05, 4.69) is 22.9 Å². The van der Waals surface area contributed by atoms with E-state index in [9.17, 15) is 13.2 Å². The zero-order valence-electron chi connectivity index (χ0n) is 13.5. The second kappa shape index (κ2) is 7.77. The fourth-order valence-electron chi connectivity index (χ4n) is 2.59. The maximum Gasteiger partial charge on any atom is 0.237 e. The summed E-state index contributed by atoms with van der Waals surface area (Å²) >= 11 is 3.36. The Balaban J connectivity index is 2.04. The lowest BCUT2D eigenvalue weighted by Crippen LogP contribution is -2.45. The van der Waals surface area contributed by atoms with Crippen LogP contribution in [0.2, 0.25) is 0 Å². The Morgan fingerprint density at radius 3 is 2.35 bits per heavy atom. The number of sulfonamides is 1. The van der Waals surface area contributed by atoms with E-state index in [1.807, 2.05) is 24.3 Å². The molecule has 0 aromatic heterocycles. The molecule has 1 aliphatic rings. The van der Waals surface area contributed by atoms with Crippen LogP contribution in [0, 0.1) is 5.92 Å². The maximum absolute atomic E-state index is 12.4. The number of rotatable bonds is 5. The third kappa shape index (κ3) is 5.58. The van der Waals surface area contributed by atoms with Crippen LogP contribution >= 0.6 is 15.9 Å². The average molecular weight is 403 g/mol. The average Bonchev–Trinajstić information content (AvgIpc) is 2.48. The highest BCUT2D eigenvalue weighted by atomic mass is 79.9. The van der Waals surface area contributed by atoms with E-state index in [1.54, 1.807) is 4.90 Å². The number of hydrogen-bond donors (Lipinski definition) is 0. The van der Waals surface area contributed by atoms with Gasteiger partial charge in [-0.2, -0.15) is 4.31 Å². The van der Waals surface area contributed by atoms with E-state index >= 15 is 0 Å². The predicted octanol–water partition coefficient (Wildman–Crippen LogP) is 2.47. The molecule has 0 aliphatic carbocycles. The van der Waals surface area contributed by atoms with Crippen LogP contribution in [0.25, 0.3) is 0 Å². The largest absolute Gasteiger partial charge is 0.342 e. The molecule has 0 saturated carbocycles. The summed E-state index contributed by atoms with van der Waals surface area (Å²) in [5.41, 5.74) is 0.860. The van der Waals surface area contributed by atoms with Gasteiger partial charge >= 0.3 is 0 Å². The van der Waals surface area contributed by atoms with Gasteiger partial charge in [0.05, 0.1) is 12.8 Å². The lowest BCUT2D eigenvalue weighted by atomic mass is 9.99. The summed E-state index contributed by atoms with van der Waals surface area (Å²) in [6.07, 6.45) is 3.12. The molecule has 0 spiro atoms. The third-order valence-electron chi connectivity index (χ3n) is 4.19. The second-order valence-corrected chi connectivity index (χ2v) is 9.12. The zero-order valence-corrected chi connectivity index (χ0v) is 15.9. The molecule has 2 rings (SSSR count). The van der Waals surface area contributed by atoms with Gasteiger partial charge in [-0.25, -0.2) is 8.42 Å². The predicted molar refractivity (Wildman–Crippen MR) is 94.4 cm³/mol. The molecule has 1 fully saturated rings. The number of nitrogens with zero attached hydrogens (tertiary/aromatic N) is 2. The topological polar surface area (TPSA) is 57.7 Å². The summed E-state index contributed by atoms with van der Waals surface area (Å²) in [5.74, 6) is 0.521. The Kier molecular flexibility index (Phi) is 6.22. The van der Waals surface area contributed by atoms with Gasteiger partial charge < -0.3 is 4.90 Å². The van der Waals surface area contributed by atoms with E-state index in [0.717, 1.165) is 42.2 Å². The molecule has 128 valence electrons. The number of carbonyl (C=O) groups excluding carboxylic acids is 1. The molecular weight excluding hydrogens is 380 g/mol. The summed E-state index contributed by atoms with van der Waals surface area (Å²) in [6, 6.07) is 7.44. The Bertz CT molecular complexity index is 638. The summed E-state index contributed by atoms with van der Waals surface area (Å²) in [6.45, 7) is 3.73. The standard InChI is InChI=1S/C16H23BrN2O3S/c1-13-7-9-18(10-8-13)16(20)12-19(23(2,21)22)11-14-3-5-15(17)6-4-14/h3-6,13H,7-12H2,1-2H3. The van der Waals surface area contributed by atoms with Crippen LogP contribution < -0.4 is 0 Å². The zero-order chi connectivity index (χ0) is 17.0. The second-order valence-electron chi connectivity index (χ2n) is 6.22. The van der Waals surface area contributed by atoms with Gasteiger partial charge in [0, 0.05) is 24.1 Å². The quantitative estimate of drug-likeness (QED) is 0.759. The Hall–Kier alpha value is -0.920. The Labute approximate surface area is 146 Å². The summed E-state index contributed by atoms with van der Waals surface area (Å²) in [7, 11) is -3.44. The fourth-order valence-corrected chi connectivity index (χ4v) is 3.59. The molecule has 5 nitrogen and oxygen atoms in total. The lowest BCUT2D eigenvalue weighted by Gasteiger charge is -2.32. The molecule has 0 atom stereocenters. The summed E-state index contributed by atoms with van der Waals surface area (Å²) in [4.78, 5) is 14.2. The highest BCUT2D eigenvalue weighted by molar-refractivity contribution is 9.10. The first kappa shape index (κ1) is 18.4. The molecule has 1 aliphatic heterocycles. The van der Waals surface area contributed by atoms with Gasteiger partial charge in [0.1, 0.15) is 0 Å². The van der Waals surface area contributed by atoms with Crippen LogP contribution in [-0.2, 0) is 21.4 Å². The van der Waals surface area contributed by atoms with Crippen LogP contribution in [0.15, 0.2) is 28.7 Å². The molecule has 7 heteroatoms. The van der Waals surface area contributed by atoms with Gasteiger partial charge in [-0.05, 0) is 36.5 Å². The van der Waals surface area contributed by atoms with Crippen molar-refractivity contribution in [3.63, 3.8) is 0 Å². The van der Waals surface area contributed by atoms with Crippen molar-refractivity contribution in [1.82, 2.24) is 9.21 Å². The number of carbonyl (C=O) groups is 1. The molecule has 23 heavy (non-hydrogen) atoms. The number of amides is 1. The molecule has 1 aromatic carbocycles. The summed E-state index contributed by atoms with van der Waals surface area (Å²) < 4.78 is 26.2. The molecule has 1 heterocycles. The first-order valence-corrected chi connectivity index (χ1v) is 10.4. The van der Waals surface area contributed by atoms with Crippen molar-refractivity contribution in [1.29, 1.82) is 0 Å². The van der Waals surface area contributed by atoms with Crippen LogP contribution in [0.3, 0.4) is 0 Å². The molecule has 0 radical (unpaired) electrons. The fraction of sp³-hybridized carbons (Fsp3) is 0.562. The van der Waals surface area contributed by atoms with Crippen LogP contribution in [-0.4, -0.2) is 49.4 Å². The van der Waals surface area contributed by atoms with Crippen molar-refractivity contribution >= 4 is 31.9 Å². The first-order valence-electron chi connectivity index (χ1n) is 7.73. The maximum atomic E-state index is 12.4. The van der Waals surface area contributed by atoms with Crippen LogP contribution in [0.5, 0.6) is 0 Å². The SMILES string of the molecule is CC1CCN(C(=O)CN(Cc2ccc(Br)cc2)S(C)(=O)=O)CC1. The minimum atomic E-state index is -3.44. The van der Waals surface area contributed by atoms with Crippen molar-refractivity contribution in [2.24, 2.45) is 5.92 Å². The Morgan fingerprint density at radius 2 is 1.83 bits per heavy atom. The van der Waals surface area contributed by atoms with Crippen molar-refractivity contribution in [2.75, 3.05) is 25.9 Å². The smallest absolute Gasteiger partial charge is 0.237 e. The molecule has 1 saturated heterocycles. The van der Waals surface area contributed by atoms with Gasteiger partial charge in [0.15, 0.2) is 0 Å². The van der Waals surface area contributed by atoms with Crippen molar-refractivity contribution in [3.8, 4) is 0 Å². The first-order chi connectivity index (χ1) is 10.8. The molecular formula is C16H23BrN2O3S. The lowest BCUT2D eigenvalue weighted by molar-refractivity contribution is -0.132. The van der Waals surface area contributed by atoms with Gasteiger partial charge in [0.2, 0.25) is 15.9 Å². The molecule has 1 amide bonds. The van der Waals surface area contributed by atoms with Gasteiger partial charge in [0.25, 0.3) is 0 Å². The highest BCUT2D eigenvalue weighted by Crippen LogP contribution is 2.17. The van der Waals surface area contributed by atoms with E-state index in [4.69, 9.17) is 0 Å². The van der Waals surface area contributed by atoms with E-state index in [1.165, 1.54) is 4.31 Å². The van der Waals surface area contributed by atoms with E-state index in [-0.39, 0.29) is 19.0 Å². The number of halogens is 1. The minimum Gasteiger partial charge on any atom is -0.342 e. The molecule has 0 unspecified atom stereocenters. The van der Waals surface area contributed by atoms with Crippen molar-refractivity contribution in [2.45, 2.75) is 26.3 Å². The van der Waals surface area contributed by atoms with Crippen molar-refractivity contribution in [3.05, 3.63) is 34.3 Å². The summed E-state index contributed by atoms with van der Waals surface area (Å²) in [5, 5.41) is 0. The van der Waals surface area contributed by atoms with E-state index in [0.29, 0.717) is 5.92 Å². The van der Waals surface area contributed by atoms with Gasteiger partial charge in [-0.15, -0.1) is 0 Å². The highest BCUT2D eigenvalue weighted by Gasteiger charge is 2.26. The van der Waals surface area contributed by atoms with Gasteiger partial charge in [-0.1, -0.05) is 35.0 Å². The van der Waals surface area contributed by atoms with Crippen LogP contribution in [0.1, 0.15) is 25.3 Å². The minimum absolute atomic E-state index is 0.0940. The van der Waals surface area contributed by atoms with Crippen LogP contribution in [0.4, 0.5) is 0 Å².